The number of unbranched alkanes of at least 4 members (excludes halogenated alkanes) is 34. The highest BCUT2D eigenvalue weighted by molar-refractivity contribution is 5.69. The predicted molar refractivity (Wildman–Crippen MR) is 295 cm³/mol. The summed E-state index contributed by atoms with van der Waals surface area (Å²) in [6.45, 7) is 8.49. The first-order valence-corrected chi connectivity index (χ1v) is 29.7. The van der Waals surface area contributed by atoms with Crippen LogP contribution in [0.1, 0.15) is 303 Å². The van der Waals surface area contributed by atoms with Crippen molar-refractivity contribution >= 4 is 11.9 Å². The Balaban J connectivity index is 0. The molecule has 0 spiro atoms. The molecule has 0 heterocycles. The molecule has 0 aromatic rings. The van der Waals surface area contributed by atoms with Gasteiger partial charge in [-0.3, -0.25) is 9.59 Å². The van der Waals surface area contributed by atoms with Gasteiger partial charge in [0.05, 0.1) is 27.7 Å². The van der Waals surface area contributed by atoms with Gasteiger partial charge in [0, 0.05) is 24.7 Å². The van der Waals surface area contributed by atoms with Crippen molar-refractivity contribution in [1.29, 1.82) is 0 Å². The summed E-state index contributed by atoms with van der Waals surface area (Å²) in [5.74, 6) is -0.180. The fourth-order valence-corrected chi connectivity index (χ4v) is 9.07. The highest BCUT2D eigenvalue weighted by atomic mass is 35.5. The first-order chi connectivity index (χ1) is 32.7. The Bertz CT molecular complexity index is 1090. The van der Waals surface area contributed by atoms with Gasteiger partial charge in [0.1, 0.15) is 13.2 Å². The van der Waals surface area contributed by atoms with E-state index >= 15 is 0 Å². The normalized spacial score (nSPS) is 12.2. The van der Waals surface area contributed by atoms with E-state index in [2.05, 4.69) is 78.4 Å². The molecule has 0 radical (unpaired) electrons. The lowest BCUT2D eigenvalue weighted by Crippen LogP contribution is -3.00. The fraction of sp³-hybridized carbons (Fsp3) is 0.871. The van der Waals surface area contributed by atoms with Crippen molar-refractivity contribution in [3.63, 3.8) is 0 Å². The van der Waals surface area contributed by atoms with Gasteiger partial charge < -0.3 is 26.4 Å². The molecular formula is C62H118ClNO4. The second-order valence-electron chi connectivity index (χ2n) is 21.9. The molecule has 68 heavy (non-hydrogen) atoms. The molecule has 402 valence electrons. The van der Waals surface area contributed by atoms with Gasteiger partial charge in [0.2, 0.25) is 0 Å². The van der Waals surface area contributed by atoms with Gasteiger partial charge in [-0.1, -0.05) is 224 Å². The zero-order chi connectivity index (χ0) is 49.0. The Kier molecular flexibility index (Phi) is 53.6. The first kappa shape index (κ1) is 68.5. The van der Waals surface area contributed by atoms with Gasteiger partial charge in [-0.25, -0.2) is 0 Å². The fourth-order valence-electron chi connectivity index (χ4n) is 9.07. The maximum Gasteiger partial charge on any atom is 0.305 e. The second-order valence-corrected chi connectivity index (χ2v) is 21.9. The monoisotopic (exact) mass is 976 g/mol. The van der Waals surface area contributed by atoms with Crippen LogP contribution >= 0.6 is 0 Å². The van der Waals surface area contributed by atoms with E-state index in [-0.39, 0.29) is 29.8 Å². The number of allylic oxidation sites excluding steroid dienone is 6. The Labute approximate surface area is 432 Å². The van der Waals surface area contributed by atoms with Crippen LogP contribution in [-0.4, -0.2) is 57.3 Å². The SMILES string of the molecule is CCCCCCCC/C=C\CCCCCCCCC(CC[N+](C)(C)C)(COC(=O)CCCCCCC/C=C\CCCCCCCC)COC(=O)CCCCCCC/C=C\CCCCCCCC.[Cl-]. The lowest BCUT2D eigenvalue weighted by molar-refractivity contribution is -0.871. The molecule has 0 aliphatic carbocycles. The molecule has 0 saturated heterocycles. The number of quaternary nitrogens is 1. The topological polar surface area (TPSA) is 52.6 Å². The minimum atomic E-state index is -0.344. The third-order valence-electron chi connectivity index (χ3n) is 13.9. The number of nitrogens with zero attached hydrogens (tertiary/aromatic N) is 1. The molecule has 0 fully saturated rings. The standard InChI is InChI=1S/C62H118NO4.ClH/c1-7-10-13-16-19-22-25-28-31-34-37-40-43-46-49-52-55-62(56-57-63(4,5)6,58-66-60(64)53-50-47-44-41-38-35-32-29-26-23-20-17-14-11-8-2)59-67-61(65)54-51-48-45-42-39-36-33-30-27-24-21-18-15-12-9-3;/h28-33H,7-27,34-59H2,1-6H3;1H/q+1;/p-1/b31-28-,32-29-,33-30-;. The largest absolute Gasteiger partial charge is 1.00 e. The smallest absolute Gasteiger partial charge is 0.305 e. The molecule has 0 rings (SSSR count). The molecule has 0 unspecified atom stereocenters. The minimum absolute atomic E-state index is 0. The summed E-state index contributed by atoms with van der Waals surface area (Å²) in [6.07, 6.45) is 67.4. The van der Waals surface area contributed by atoms with E-state index in [1.807, 2.05) is 0 Å². The van der Waals surface area contributed by atoms with Crippen LogP contribution in [0.2, 0.25) is 0 Å². The van der Waals surface area contributed by atoms with Crippen LogP contribution < -0.4 is 12.4 Å². The third kappa shape index (κ3) is 52.2. The molecule has 0 aliphatic rings. The number of hydrogen-bond donors (Lipinski definition) is 0. The highest BCUT2D eigenvalue weighted by Gasteiger charge is 2.35. The molecule has 0 saturated carbocycles. The van der Waals surface area contributed by atoms with E-state index in [0.29, 0.717) is 26.1 Å². The second kappa shape index (κ2) is 53.2. The van der Waals surface area contributed by atoms with Crippen molar-refractivity contribution < 1.29 is 36.0 Å². The van der Waals surface area contributed by atoms with E-state index in [0.717, 1.165) is 56.0 Å². The van der Waals surface area contributed by atoms with Crippen molar-refractivity contribution in [2.24, 2.45) is 5.41 Å². The van der Waals surface area contributed by atoms with E-state index in [1.165, 1.54) is 225 Å². The van der Waals surface area contributed by atoms with E-state index in [1.54, 1.807) is 0 Å². The molecule has 0 atom stereocenters. The van der Waals surface area contributed by atoms with Crippen molar-refractivity contribution in [3.05, 3.63) is 36.5 Å². The number of carbonyl (C=O) groups is 2. The van der Waals surface area contributed by atoms with Crippen molar-refractivity contribution in [1.82, 2.24) is 0 Å². The van der Waals surface area contributed by atoms with Crippen LogP contribution in [0.3, 0.4) is 0 Å². The quantitative estimate of drug-likeness (QED) is 0.0264. The van der Waals surface area contributed by atoms with Gasteiger partial charge in [-0.15, -0.1) is 0 Å². The van der Waals surface area contributed by atoms with Gasteiger partial charge in [-0.2, -0.15) is 0 Å². The highest BCUT2D eigenvalue weighted by Crippen LogP contribution is 2.33. The van der Waals surface area contributed by atoms with Crippen LogP contribution in [-0.2, 0) is 19.1 Å². The maximum absolute atomic E-state index is 13.2. The summed E-state index contributed by atoms with van der Waals surface area (Å²) in [4.78, 5) is 26.4. The van der Waals surface area contributed by atoms with Crippen LogP contribution in [0.5, 0.6) is 0 Å². The summed E-state index contributed by atoms with van der Waals surface area (Å²) in [7, 11) is 6.68. The lowest BCUT2D eigenvalue weighted by Gasteiger charge is -2.36. The number of halogens is 1. The van der Waals surface area contributed by atoms with E-state index in [9.17, 15) is 9.59 Å². The Hall–Kier alpha value is -1.59. The summed E-state index contributed by atoms with van der Waals surface area (Å²) < 4.78 is 13.1. The lowest BCUT2D eigenvalue weighted by atomic mass is 9.80. The number of ether oxygens (including phenoxy) is 2. The third-order valence-corrected chi connectivity index (χ3v) is 13.9. The van der Waals surface area contributed by atoms with Gasteiger partial charge in [0.25, 0.3) is 0 Å². The average Bonchev–Trinajstić information content (AvgIpc) is 3.31. The molecule has 0 bridgehead atoms. The molecule has 5 nitrogen and oxygen atoms in total. The summed E-state index contributed by atoms with van der Waals surface area (Å²) in [5, 5.41) is 0. The number of carbonyl (C=O) groups excluding carboxylic acids is 2. The Morgan fingerprint density at radius 1 is 0.353 bits per heavy atom. The van der Waals surface area contributed by atoms with Gasteiger partial charge in [-0.05, 0) is 96.3 Å². The van der Waals surface area contributed by atoms with Crippen LogP contribution in [0, 0.1) is 5.41 Å². The zero-order valence-corrected chi connectivity index (χ0v) is 47.4. The maximum atomic E-state index is 13.2. The number of rotatable bonds is 53. The van der Waals surface area contributed by atoms with Gasteiger partial charge >= 0.3 is 11.9 Å². The molecule has 6 heteroatoms. The molecule has 0 aromatic heterocycles. The van der Waals surface area contributed by atoms with Crippen molar-refractivity contribution in [2.45, 2.75) is 303 Å². The molecule has 0 aromatic carbocycles. The predicted octanol–water partition coefficient (Wildman–Crippen LogP) is 16.7. The molecule has 0 N–H and O–H groups in total. The van der Waals surface area contributed by atoms with Crippen LogP contribution in [0.25, 0.3) is 0 Å². The van der Waals surface area contributed by atoms with Gasteiger partial charge in [0.15, 0.2) is 0 Å². The van der Waals surface area contributed by atoms with Crippen LogP contribution in [0.15, 0.2) is 36.5 Å². The summed E-state index contributed by atoms with van der Waals surface area (Å²) in [5.41, 5.74) is -0.344. The number of esters is 2. The Morgan fingerprint density at radius 3 is 0.882 bits per heavy atom. The first-order valence-electron chi connectivity index (χ1n) is 29.7. The van der Waals surface area contributed by atoms with E-state index < -0.39 is 0 Å². The summed E-state index contributed by atoms with van der Waals surface area (Å²) in [6, 6.07) is 0. The van der Waals surface area contributed by atoms with E-state index in [4.69, 9.17) is 9.47 Å². The van der Waals surface area contributed by atoms with Crippen LogP contribution in [0.4, 0.5) is 0 Å². The Morgan fingerprint density at radius 2 is 0.603 bits per heavy atom. The molecular weight excluding hydrogens is 858 g/mol. The summed E-state index contributed by atoms with van der Waals surface area (Å²) >= 11 is 0. The number of hydrogen-bond acceptors (Lipinski definition) is 4. The van der Waals surface area contributed by atoms with Crippen molar-refractivity contribution in [3.8, 4) is 0 Å². The molecule has 0 aliphatic heterocycles. The average molecular weight is 977 g/mol. The van der Waals surface area contributed by atoms with Crippen molar-refractivity contribution in [2.75, 3.05) is 40.9 Å². The minimum Gasteiger partial charge on any atom is -1.00 e. The molecule has 0 amide bonds. The zero-order valence-electron chi connectivity index (χ0n) is 46.7.